The zero-order valence-electron chi connectivity index (χ0n) is 13.5. The third kappa shape index (κ3) is 5.82. The van der Waals surface area contributed by atoms with Gasteiger partial charge in [0.05, 0.1) is 11.2 Å². The van der Waals surface area contributed by atoms with Crippen LogP contribution in [0.5, 0.6) is 0 Å². The number of aromatic nitrogens is 1. The maximum atomic E-state index is 12.1. The lowest BCUT2D eigenvalue weighted by atomic mass is 10.1. The first-order valence-electron chi connectivity index (χ1n) is 7.99. The predicted octanol–water partition coefficient (Wildman–Crippen LogP) is 3.15. The van der Waals surface area contributed by atoms with Gasteiger partial charge in [-0.1, -0.05) is 31.0 Å². The second-order valence-electron chi connectivity index (χ2n) is 5.49. The Kier molecular flexibility index (Phi) is 7.51. The maximum absolute atomic E-state index is 12.1. The van der Waals surface area contributed by atoms with Gasteiger partial charge in [-0.3, -0.25) is 24.4 Å². The summed E-state index contributed by atoms with van der Waals surface area (Å²) in [6.45, 7) is 0. The van der Waals surface area contributed by atoms with Crippen LogP contribution >= 0.6 is 12.1 Å². The van der Waals surface area contributed by atoms with Gasteiger partial charge in [-0.2, -0.15) is 0 Å². The average molecular weight is 346 g/mol. The topological polar surface area (TPSA) is 97.1 Å². The molecule has 7 heteroatoms. The summed E-state index contributed by atoms with van der Waals surface area (Å²) in [5.41, 5.74) is 1.55. The number of carbonyl (C=O) groups excluding carboxylic acids is 2. The molecule has 0 spiro atoms. The number of fused-ring (bicyclic) bond motifs is 1. The molecule has 2 rings (SSSR count). The standard InChI is InChI=1S/C17H22N4O2S/c18-24-21-16(23)11-4-2-1-3-10-15(22)20-14-9-5-7-13-8-6-12-19-17(13)14/h5-9,12H,1-4,10-11,18H2,(H,20,22)(H,21,23). The van der Waals surface area contributed by atoms with E-state index in [0.717, 1.165) is 54.4 Å². The summed E-state index contributed by atoms with van der Waals surface area (Å²) in [5.74, 6) is -0.0610. The van der Waals surface area contributed by atoms with Gasteiger partial charge < -0.3 is 5.32 Å². The van der Waals surface area contributed by atoms with E-state index in [-0.39, 0.29) is 11.8 Å². The van der Waals surface area contributed by atoms with Crippen molar-refractivity contribution < 1.29 is 9.59 Å². The summed E-state index contributed by atoms with van der Waals surface area (Å²) in [4.78, 5) is 27.6. The quantitative estimate of drug-likeness (QED) is 0.479. The first-order chi connectivity index (χ1) is 11.7. The molecule has 1 aromatic carbocycles. The van der Waals surface area contributed by atoms with Crippen molar-refractivity contribution in [3.05, 3.63) is 36.5 Å². The van der Waals surface area contributed by atoms with Gasteiger partial charge in [-0.05, 0) is 25.0 Å². The van der Waals surface area contributed by atoms with E-state index in [0.29, 0.717) is 12.8 Å². The Bertz CT molecular complexity index is 688. The zero-order chi connectivity index (χ0) is 17.2. The summed E-state index contributed by atoms with van der Waals surface area (Å²) in [5, 5.41) is 9.08. The summed E-state index contributed by atoms with van der Waals surface area (Å²) in [6.07, 6.45) is 6.11. The molecule has 1 aromatic heterocycles. The summed E-state index contributed by atoms with van der Waals surface area (Å²) in [6, 6.07) is 9.58. The van der Waals surface area contributed by atoms with Gasteiger partial charge in [-0.25, -0.2) is 0 Å². The van der Waals surface area contributed by atoms with E-state index in [1.807, 2.05) is 30.3 Å². The molecule has 0 fully saturated rings. The summed E-state index contributed by atoms with van der Waals surface area (Å²) in [7, 11) is 0. The fourth-order valence-electron chi connectivity index (χ4n) is 2.46. The molecule has 6 nitrogen and oxygen atoms in total. The highest BCUT2D eigenvalue weighted by Gasteiger charge is 2.06. The van der Waals surface area contributed by atoms with Crippen molar-refractivity contribution in [3.63, 3.8) is 0 Å². The lowest BCUT2D eigenvalue weighted by molar-refractivity contribution is -0.119. The molecule has 0 aliphatic rings. The SMILES string of the molecule is NSNC(=O)CCCCCCC(=O)Nc1cccc2cccnc12. The van der Waals surface area contributed by atoms with Gasteiger partial charge in [0.25, 0.3) is 0 Å². The number of anilines is 1. The molecule has 0 aliphatic carbocycles. The number of amides is 2. The van der Waals surface area contributed by atoms with Crippen LogP contribution in [0.3, 0.4) is 0 Å². The number of pyridine rings is 1. The summed E-state index contributed by atoms with van der Waals surface area (Å²) < 4.78 is 2.48. The molecule has 0 saturated carbocycles. The molecule has 0 atom stereocenters. The van der Waals surface area contributed by atoms with Crippen LogP contribution in [0, 0.1) is 0 Å². The van der Waals surface area contributed by atoms with Gasteiger partial charge in [-0.15, -0.1) is 0 Å². The second-order valence-corrected chi connectivity index (χ2v) is 5.93. The van der Waals surface area contributed by atoms with Crippen molar-refractivity contribution in [2.75, 3.05) is 5.32 Å². The molecule has 2 amide bonds. The molecule has 0 radical (unpaired) electrons. The van der Waals surface area contributed by atoms with E-state index in [2.05, 4.69) is 15.0 Å². The number of para-hydroxylation sites is 1. The molecule has 0 bridgehead atoms. The number of nitrogens with one attached hydrogen (secondary N) is 2. The average Bonchev–Trinajstić information content (AvgIpc) is 2.58. The van der Waals surface area contributed by atoms with Crippen LogP contribution in [-0.4, -0.2) is 16.8 Å². The molecule has 4 N–H and O–H groups in total. The molecule has 0 saturated heterocycles. The van der Waals surface area contributed by atoms with Gasteiger partial charge in [0.2, 0.25) is 11.8 Å². The number of hydrogen-bond donors (Lipinski definition) is 3. The Labute approximate surface area is 145 Å². The molecule has 0 aliphatic heterocycles. The predicted molar refractivity (Wildman–Crippen MR) is 98.0 cm³/mol. The molecular weight excluding hydrogens is 324 g/mol. The lowest BCUT2D eigenvalue weighted by Gasteiger charge is -2.08. The number of benzene rings is 1. The van der Waals surface area contributed by atoms with E-state index in [1.165, 1.54) is 0 Å². The minimum Gasteiger partial charge on any atom is -0.324 e. The Balaban J connectivity index is 1.69. The molecule has 2 aromatic rings. The summed E-state index contributed by atoms with van der Waals surface area (Å²) >= 11 is 0.826. The van der Waals surface area contributed by atoms with Crippen molar-refractivity contribution in [1.82, 2.24) is 9.71 Å². The first kappa shape index (κ1) is 18.2. The minimum absolute atomic E-state index is 0.00886. The Morgan fingerprint density at radius 2 is 1.71 bits per heavy atom. The first-order valence-corrected chi connectivity index (χ1v) is 8.87. The van der Waals surface area contributed by atoms with Crippen molar-refractivity contribution in [2.45, 2.75) is 38.5 Å². The van der Waals surface area contributed by atoms with Crippen molar-refractivity contribution in [3.8, 4) is 0 Å². The van der Waals surface area contributed by atoms with Crippen molar-refractivity contribution in [2.24, 2.45) is 5.14 Å². The lowest BCUT2D eigenvalue weighted by Crippen LogP contribution is -2.17. The van der Waals surface area contributed by atoms with E-state index < -0.39 is 0 Å². The highest BCUT2D eigenvalue weighted by atomic mass is 32.2. The molecule has 24 heavy (non-hydrogen) atoms. The van der Waals surface area contributed by atoms with Crippen LogP contribution in [-0.2, 0) is 9.59 Å². The zero-order valence-corrected chi connectivity index (χ0v) is 14.3. The van der Waals surface area contributed by atoms with E-state index in [4.69, 9.17) is 5.14 Å². The number of rotatable bonds is 9. The largest absolute Gasteiger partial charge is 0.324 e. The van der Waals surface area contributed by atoms with Gasteiger partial charge in [0.15, 0.2) is 0 Å². The number of nitrogens with two attached hydrogens (primary N) is 1. The number of hydrogen-bond acceptors (Lipinski definition) is 5. The highest BCUT2D eigenvalue weighted by Crippen LogP contribution is 2.21. The molecule has 128 valence electrons. The number of carbonyl (C=O) groups is 2. The maximum Gasteiger partial charge on any atom is 0.230 e. The Morgan fingerprint density at radius 3 is 2.46 bits per heavy atom. The Morgan fingerprint density at radius 1 is 1.00 bits per heavy atom. The number of nitrogens with zero attached hydrogens (tertiary/aromatic N) is 1. The van der Waals surface area contributed by atoms with E-state index in [1.54, 1.807) is 6.20 Å². The number of unbranched alkanes of at least 4 members (excludes halogenated alkanes) is 3. The van der Waals surface area contributed by atoms with Crippen LogP contribution in [0.25, 0.3) is 10.9 Å². The van der Waals surface area contributed by atoms with Crippen LogP contribution < -0.4 is 15.2 Å². The normalized spacial score (nSPS) is 10.5. The third-order valence-corrected chi connectivity index (χ3v) is 3.98. The van der Waals surface area contributed by atoms with E-state index >= 15 is 0 Å². The van der Waals surface area contributed by atoms with Gasteiger partial charge >= 0.3 is 0 Å². The monoisotopic (exact) mass is 346 g/mol. The third-order valence-electron chi connectivity index (χ3n) is 3.64. The van der Waals surface area contributed by atoms with Gasteiger partial charge in [0, 0.05) is 36.6 Å². The highest BCUT2D eigenvalue weighted by molar-refractivity contribution is 7.95. The van der Waals surface area contributed by atoms with Crippen LogP contribution in [0.2, 0.25) is 0 Å². The Hall–Kier alpha value is -2.12. The van der Waals surface area contributed by atoms with Crippen molar-refractivity contribution in [1.29, 1.82) is 0 Å². The minimum atomic E-state index is -0.0521. The van der Waals surface area contributed by atoms with Crippen LogP contribution in [0.15, 0.2) is 36.5 Å². The second kappa shape index (κ2) is 9.89. The fraction of sp³-hybridized carbons (Fsp3) is 0.353. The molecule has 1 heterocycles. The van der Waals surface area contributed by atoms with Crippen molar-refractivity contribution >= 4 is 40.5 Å². The molecular formula is C17H22N4O2S. The fourth-order valence-corrected chi connectivity index (χ4v) is 2.69. The van der Waals surface area contributed by atoms with Crippen LogP contribution in [0.1, 0.15) is 38.5 Å². The smallest absolute Gasteiger partial charge is 0.230 e. The van der Waals surface area contributed by atoms with Crippen LogP contribution in [0.4, 0.5) is 5.69 Å². The molecule has 0 unspecified atom stereocenters. The van der Waals surface area contributed by atoms with E-state index in [9.17, 15) is 9.59 Å². The van der Waals surface area contributed by atoms with Gasteiger partial charge in [0.1, 0.15) is 0 Å².